The molecule has 0 amide bonds. The first-order valence-electron chi connectivity index (χ1n) is 4.70. The molecule has 1 aromatic heterocycles. The summed E-state index contributed by atoms with van der Waals surface area (Å²) in [6.07, 6.45) is 2.55. The standard InChI is InChI=1S/C9H10N2O4S/c12-9(13)8-4-1-6(5-10-8)11-16(14,15)7-2-3-7/h1,4-5,7,11H,2-3H2,(H,12,13). The van der Waals surface area contributed by atoms with Crippen molar-refractivity contribution in [2.45, 2.75) is 18.1 Å². The number of anilines is 1. The smallest absolute Gasteiger partial charge is 0.354 e. The fourth-order valence-corrected chi connectivity index (χ4v) is 2.58. The van der Waals surface area contributed by atoms with Crippen molar-refractivity contribution >= 4 is 21.7 Å². The van der Waals surface area contributed by atoms with E-state index in [0.717, 1.165) is 0 Å². The van der Waals surface area contributed by atoms with Gasteiger partial charge in [0.15, 0.2) is 0 Å². The third-order valence-electron chi connectivity index (χ3n) is 2.21. The molecule has 86 valence electrons. The maximum Gasteiger partial charge on any atom is 0.354 e. The van der Waals surface area contributed by atoms with Crippen LogP contribution in [0.4, 0.5) is 5.69 Å². The van der Waals surface area contributed by atoms with E-state index in [0.29, 0.717) is 12.8 Å². The van der Waals surface area contributed by atoms with Gasteiger partial charge >= 0.3 is 5.97 Å². The molecule has 0 aromatic carbocycles. The second-order valence-corrected chi connectivity index (χ2v) is 5.54. The maximum absolute atomic E-state index is 11.5. The Hall–Kier alpha value is -1.63. The number of pyridine rings is 1. The first-order chi connectivity index (χ1) is 7.49. The molecule has 0 atom stereocenters. The second kappa shape index (κ2) is 3.75. The number of nitrogens with zero attached hydrogens (tertiary/aromatic N) is 1. The molecule has 16 heavy (non-hydrogen) atoms. The average Bonchev–Trinajstić information content (AvgIpc) is 3.01. The van der Waals surface area contributed by atoms with Gasteiger partial charge in [-0.3, -0.25) is 4.72 Å². The van der Waals surface area contributed by atoms with Crippen LogP contribution in [0.15, 0.2) is 18.3 Å². The highest BCUT2D eigenvalue weighted by Crippen LogP contribution is 2.29. The van der Waals surface area contributed by atoms with E-state index in [4.69, 9.17) is 5.11 Å². The molecule has 1 aliphatic carbocycles. The highest BCUT2D eigenvalue weighted by Gasteiger charge is 2.35. The van der Waals surface area contributed by atoms with Gasteiger partial charge in [-0.25, -0.2) is 18.2 Å². The van der Waals surface area contributed by atoms with Crippen LogP contribution in [0.1, 0.15) is 23.3 Å². The molecule has 1 saturated carbocycles. The predicted octanol–water partition coefficient (Wildman–Crippen LogP) is 0.684. The van der Waals surface area contributed by atoms with E-state index in [2.05, 4.69) is 9.71 Å². The lowest BCUT2D eigenvalue weighted by atomic mass is 10.3. The Morgan fingerprint density at radius 3 is 2.56 bits per heavy atom. The molecule has 0 bridgehead atoms. The number of carboxylic acid groups (broad SMARTS) is 1. The number of rotatable bonds is 4. The van der Waals surface area contributed by atoms with Crippen LogP contribution in [-0.2, 0) is 10.0 Å². The van der Waals surface area contributed by atoms with E-state index in [1.807, 2.05) is 0 Å². The van der Waals surface area contributed by atoms with Crippen LogP contribution in [0.25, 0.3) is 0 Å². The minimum Gasteiger partial charge on any atom is -0.477 e. The van der Waals surface area contributed by atoms with Crippen molar-refractivity contribution in [3.05, 3.63) is 24.0 Å². The number of sulfonamides is 1. The summed E-state index contributed by atoms with van der Waals surface area (Å²) in [6, 6.07) is 2.64. The fraction of sp³-hybridized carbons (Fsp3) is 0.333. The molecule has 0 spiro atoms. The molecule has 1 heterocycles. The van der Waals surface area contributed by atoms with Crippen LogP contribution in [-0.4, -0.2) is 29.7 Å². The van der Waals surface area contributed by atoms with Crippen molar-refractivity contribution in [2.75, 3.05) is 4.72 Å². The third kappa shape index (κ3) is 2.30. The average molecular weight is 242 g/mol. The number of carboxylic acids is 1. The monoisotopic (exact) mass is 242 g/mol. The Balaban J connectivity index is 2.13. The van der Waals surface area contributed by atoms with E-state index >= 15 is 0 Å². The largest absolute Gasteiger partial charge is 0.477 e. The molecule has 7 heteroatoms. The van der Waals surface area contributed by atoms with Crippen molar-refractivity contribution in [2.24, 2.45) is 0 Å². The van der Waals surface area contributed by atoms with Gasteiger partial charge in [0.05, 0.1) is 17.1 Å². The highest BCUT2D eigenvalue weighted by atomic mass is 32.2. The molecule has 0 saturated heterocycles. The van der Waals surface area contributed by atoms with Gasteiger partial charge in [0, 0.05) is 0 Å². The fourth-order valence-electron chi connectivity index (χ4n) is 1.21. The van der Waals surface area contributed by atoms with Gasteiger partial charge in [-0.2, -0.15) is 0 Å². The Bertz CT molecular complexity index is 505. The van der Waals surface area contributed by atoms with Crippen molar-refractivity contribution in [3.8, 4) is 0 Å². The van der Waals surface area contributed by atoms with Crippen LogP contribution in [0.3, 0.4) is 0 Å². The van der Waals surface area contributed by atoms with Gasteiger partial charge in [0.25, 0.3) is 0 Å². The Kier molecular flexibility index (Phi) is 2.55. The quantitative estimate of drug-likeness (QED) is 0.809. The van der Waals surface area contributed by atoms with Crippen LogP contribution in [0.2, 0.25) is 0 Å². The van der Waals surface area contributed by atoms with Gasteiger partial charge in [-0.1, -0.05) is 0 Å². The summed E-state index contributed by atoms with van der Waals surface area (Å²) in [5.41, 5.74) is 0.172. The zero-order valence-corrected chi connectivity index (χ0v) is 9.07. The topological polar surface area (TPSA) is 96.4 Å². The Morgan fingerprint density at radius 2 is 2.12 bits per heavy atom. The summed E-state index contributed by atoms with van der Waals surface area (Å²) >= 11 is 0. The van der Waals surface area contributed by atoms with Crippen molar-refractivity contribution in [1.82, 2.24) is 4.98 Å². The number of aromatic nitrogens is 1. The molecule has 1 aromatic rings. The SMILES string of the molecule is O=C(O)c1ccc(NS(=O)(=O)C2CC2)cn1. The van der Waals surface area contributed by atoms with Crippen LogP contribution in [0.5, 0.6) is 0 Å². The van der Waals surface area contributed by atoms with Crippen molar-refractivity contribution < 1.29 is 18.3 Å². The van der Waals surface area contributed by atoms with E-state index in [9.17, 15) is 13.2 Å². The maximum atomic E-state index is 11.5. The van der Waals surface area contributed by atoms with E-state index in [1.165, 1.54) is 18.3 Å². The summed E-state index contributed by atoms with van der Waals surface area (Å²) < 4.78 is 25.4. The summed E-state index contributed by atoms with van der Waals surface area (Å²) in [4.78, 5) is 14.1. The van der Waals surface area contributed by atoms with Crippen molar-refractivity contribution in [1.29, 1.82) is 0 Å². The summed E-state index contributed by atoms with van der Waals surface area (Å²) in [6.45, 7) is 0. The summed E-state index contributed by atoms with van der Waals surface area (Å²) in [7, 11) is -3.31. The summed E-state index contributed by atoms with van der Waals surface area (Å²) in [5, 5.41) is 8.29. The molecule has 0 radical (unpaired) electrons. The van der Waals surface area contributed by atoms with E-state index in [1.54, 1.807) is 0 Å². The normalized spacial score (nSPS) is 15.8. The molecule has 0 unspecified atom stereocenters. The minimum atomic E-state index is -3.31. The number of carbonyl (C=O) groups is 1. The van der Waals surface area contributed by atoms with Crippen LogP contribution < -0.4 is 4.72 Å². The van der Waals surface area contributed by atoms with Crippen LogP contribution >= 0.6 is 0 Å². The lowest BCUT2D eigenvalue weighted by Crippen LogP contribution is -2.17. The minimum absolute atomic E-state index is 0.116. The zero-order valence-electron chi connectivity index (χ0n) is 8.25. The molecule has 6 nitrogen and oxygen atoms in total. The first-order valence-corrected chi connectivity index (χ1v) is 6.24. The number of hydrogen-bond acceptors (Lipinski definition) is 4. The molecule has 1 fully saturated rings. The zero-order chi connectivity index (χ0) is 11.8. The lowest BCUT2D eigenvalue weighted by Gasteiger charge is -2.05. The Labute approximate surface area is 92.4 Å². The van der Waals surface area contributed by atoms with Crippen molar-refractivity contribution in [3.63, 3.8) is 0 Å². The molecule has 2 rings (SSSR count). The highest BCUT2D eigenvalue weighted by molar-refractivity contribution is 7.93. The molecular formula is C9H10N2O4S. The van der Waals surface area contributed by atoms with Gasteiger partial charge < -0.3 is 5.11 Å². The molecule has 2 N–H and O–H groups in total. The van der Waals surface area contributed by atoms with Crippen LogP contribution in [0, 0.1) is 0 Å². The van der Waals surface area contributed by atoms with E-state index in [-0.39, 0.29) is 16.6 Å². The molecule has 0 aliphatic heterocycles. The summed E-state index contributed by atoms with van der Waals surface area (Å²) in [5.74, 6) is -1.14. The van der Waals surface area contributed by atoms with E-state index < -0.39 is 16.0 Å². The predicted molar refractivity (Wildman–Crippen MR) is 56.8 cm³/mol. The second-order valence-electron chi connectivity index (χ2n) is 3.58. The number of hydrogen-bond donors (Lipinski definition) is 2. The number of aromatic carboxylic acids is 1. The molecular weight excluding hydrogens is 232 g/mol. The van der Waals surface area contributed by atoms with Gasteiger partial charge in [-0.15, -0.1) is 0 Å². The van der Waals surface area contributed by atoms with Gasteiger partial charge in [0.2, 0.25) is 10.0 Å². The van der Waals surface area contributed by atoms with Gasteiger partial charge in [0.1, 0.15) is 5.69 Å². The first kappa shape index (κ1) is 10.9. The number of nitrogens with one attached hydrogen (secondary N) is 1. The lowest BCUT2D eigenvalue weighted by molar-refractivity contribution is 0.0690. The molecule has 1 aliphatic rings. The van der Waals surface area contributed by atoms with Gasteiger partial charge in [-0.05, 0) is 25.0 Å². The third-order valence-corrected chi connectivity index (χ3v) is 4.08. The Morgan fingerprint density at radius 1 is 1.44 bits per heavy atom.